The van der Waals surface area contributed by atoms with Crippen LogP contribution < -0.4 is 4.74 Å². The first-order chi connectivity index (χ1) is 6.15. The molecule has 1 N–H and O–H groups in total. The van der Waals surface area contributed by atoms with Gasteiger partial charge in [-0.05, 0) is 6.07 Å². The summed E-state index contributed by atoms with van der Waals surface area (Å²) in [5.74, 6) is -0.155. The molecular weight excluding hydrogens is 204 g/mol. The SMILES string of the molecule is OCc1c(OC(F)F)ccnc1Cl. The number of rotatable bonds is 3. The van der Waals surface area contributed by atoms with Gasteiger partial charge in [-0.2, -0.15) is 8.78 Å². The molecule has 6 heteroatoms. The molecule has 0 aliphatic heterocycles. The lowest BCUT2D eigenvalue weighted by atomic mass is 10.3. The van der Waals surface area contributed by atoms with Crippen molar-refractivity contribution in [2.45, 2.75) is 13.2 Å². The van der Waals surface area contributed by atoms with Crippen molar-refractivity contribution < 1.29 is 18.6 Å². The number of halogens is 3. The van der Waals surface area contributed by atoms with Gasteiger partial charge in [-0.15, -0.1) is 0 Å². The molecule has 0 aromatic carbocycles. The maximum atomic E-state index is 11.8. The third-order valence-corrected chi connectivity index (χ3v) is 1.66. The van der Waals surface area contributed by atoms with Crippen LogP contribution in [0.5, 0.6) is 5.75 Å². The summed E-state index contributed by atoms with van der Waals surface area (Å²) >= 11 is 5.52. The second-order valence-electron chi connectivity index (χ2n) is 2.12. The zero-order valence-electron chi connectivity index (χ0n) is 6.38. The molecule has 0 radical (unpaired) electrons. The van der Waals surface area contributed by atoms with E-state index in [1.54, 1.807) is 0 Å². The van der Waals surface area contributed by atoms with Gasteiger partial charge in [0, 0.05) is 6.20 Å². The van der Waals surface area contributed by atoms with Crippen LogP contribution >= 0.6 is 11.6 Å². The van der Waals surface area contributed by atoms with Gasteiger partial charge in [0.1, 0.15) is 10.9 Å². The van der Waals surface area contributed by atoms with Crippen molar-refractivity contribution in [1.82, 2.24) is 4.98 Å². The second-order valence-corrected chi connectivity index (χ2v) is 2.47. The lowest BCUT2D eigenvalue weighted by Gasteiger charge is -2.08. The molecule has 0 aliphatic carbocycles. The molecule has 0 unspecified atom stereocenters. The molecule has 72 valence electrons. The Labute approximate surface area is 77.9 Å². The Morgan fingerprint density at radius 2 is 2.31 bits per heavy atom. The fraction of sp³-hybridized carbons (Fsp3) is 0.286. The van der Waals surface area contributed by atoms with Crippen molar-refractivity contribution >= 4 is 11.6 Å². The van der Waals surface area contributed by atoms with Crippen LogP contribution in [0.25, 0.3) is 0 Å². The largest absolute Gasteiger partial charge is 0.434 e. The summed E-state index contributed by atoms with van der Waals surface area (Å²) in [6.07, 6.45) is 1.22. The van der Waals surface area contributed by atoms with Gasteiger partial charge >= 0.3 is 6.61 Å². The lowest BCUT2D eigenvalue weighted by molar-refractivity contribution is -0.0509. The first-order valence-corrected chi connectivity index (χ1v) is 3.72. The molecular formula is C7H6ClF2NO2. The van der Waals surface area contributed by atoms with E-state index in [0.29, 0.717) is 0 Å². The van der Waals surface area contributed by atoms with E-state index in [9.17, 15) is 8.78 Å². The van der Waals surface area contributed by atoms with Crippen molar-refractivity contribution in [1.29, 1.82) is 0 Å². The number of hydrogen-bond acceptors (Lipinski definition) is 3. The van der Waals surface area contributed by atoms with E-state index in [0.717, 1.165) is 0 Å². The first kappa shape index (κ1) is 10.1. The van der Waals surface area contributed by atoms with Gasteiger partial charge in [-0.3, -0.25) is 0 Å². The molecule has 0 spiro atoms. The van der Waals surface area contributed by atoms with Gasteiger partial charge in [0.05, 0.1) is 12.2 Å². The van der Waals surface area contributed by atoms with Gasteiger partial charge in [0.25, 0.3) is 0 Å². The molecule has 3 nitrogen and oxygen atoms in total. The van der Waals surface area contributed by atoms with E-state index in [2.05, 4.69) is 9.72 Å². The van der Waals surface area contributed by atoms with Crippen LogP contribution in [-0.4, -0.2) is 16.7 Å². The van der Waals surface area contributed by atoms with E-state index < -0.39 is 13.2 Å². The smallest absolute Gasteiger partial charge is 0.387 e. The summed E-state index contributed by atoms with van der Waals surface area (Å²) < 4.78 is 27.7. The van der Waals surface area contributed by atoms with E-state index in [1.165, 1.54) is 12.3 Å². The van der Waals surface area contributed by atoms with Gasteiger partial charge in [0.15, 0.2) is 0 Å². The van der Waals surface area contributed by atoms with E-state index in [1.807, 2.05) is 0 Å². The predicted molar refractivity (Wildman–Crippen MR) is 41.8 cm³/mol. The second kappa shape index (κ2) is 4.34. The number of pyridine rings is 1. The minimum Gasteiger partial charge on any atom is -0.434 e. The fourth-order valence-electron chi connectivity index (χ4n) is 0.800. The summed E-state index contributed by atoms with van der Waals surface area (Å²) in [7, 11) is 0. The normalized spacial score (nSPS) is 10.5. The molecule has 13 heavy (non-hydrogen) atoms. The van der Waals surface area contributed by atoms with Crippen LogP contribution in [0.4, 0.5) is 8.78 Å². The highest BCUT2D eigenvalue weighted by molar-refractivity contribution is 6.30. The van der Waals surface area contributed by atoms with Crippen LogP contribution in [0.3, 0.4) is 0 Å². The summed E-state index contributed by atoms with van der Waals surface area (Å²) in [5, 5.41) is 8.72. The summed E-state index contributed by atoms with van der Waals surface area (Å²) in [5.41, 5.74) is 0.0597. The maximum Gasteiger partial charge on any atom is 0.387 e. The zero-order chi connectivity index (χ0) is 9.84. The lowest BCUT2D eigenvalue weighted by Crippen LogP contribution is -2.05. The van der Waals surface area contributed by atoms with Crippen LogP contribution in [0, 0.1) is 0 Å². The van der Waals surface area contributed by atoms with Crippen LogP contribution in [-0.2, 0) is 6.61 Å². The van der Waals surface area contributed by atoms with E-state index in [4.69, 9.17) is 16.7 Å². The Kier molecular flexibility index (Phi) is 3.39. The van der Waals surface area contributed by atoms with Gasteiger partial charge in [-0.25, -0.2) is 4.98 Å². The summed E-state index contributed by atoms with van der Waals surface area (Å²) in [4.78, 5) is 3.60. The third kappa shape index (κ3) is 2.50. The average molecular weight is 210 g/mol. The standard InChI is InChI=1S/C7H6ClF2NO2/c8-6-4(3-12)5(1-2-11-6)13-7(9)10/h1-2,7,12H,3H2. The quantitative estimate of drug-likeness (QED) is 0.773. The van der Waals surface area contributed by atoms with Gasteiger partial charge in [-0.1, -0.05) is 11.6 Å². The highest BCUT2D eigenvalue weighted by atomic mass is 35.5. The van der Waals surface area contributed by atoms with Crippen molar-refractivity contribution in [2.24, 2.45) is 0 Å². The summed E-state index contributed by atoms with van der Waals surface area (Å²) in [6, 6.07) is 1.21. The minimum atomic E-state index is -2.94. The number of ether oxygens (including phenoxy) is 1. The first-order valence-electron chi connectivity index (χ1n) is 3.34. The zero-order valence-corrected chi connectivity index (χ0v) is 7.13. The van der Waals surface area contributed by atoms with Crippen molar-refractivity contribution in [3.8, 4) is 5.75 Å². The number of aromatic nitrogens is 1. The number of alkyl halides is 2. The van der Waals surface area contributed by atoms with E-state index >= 15 is 0 Å². The molecule has 1 aromatic heterocycles. The monoisotopic (exact) mass is 209 g/mol. The third-order valence-electron chi connectivity index (χ3n) is 1.33. The minimum absolute atomic E-state index is 0.0411. The highest BCUT2D eigenvalue weighted by Crippen LogP contribution is 2.25. The molecule has 1 rings (SSSR count). The molecule has 0 bridgehead atoms. The Morgan fingerprint density at radius 3 is 2.85 bits per heavy atom. The fourth-order valence-corrected chi connectivity index (χ4v) is 1.01. The van der Waals surface area contributed by atoms with Crippen LogP contribution in [0.1, 0.15) is 5.56 Å². The maximum absolute atomic E-state index is 11.8. The van der Waals surface area contributed by atoms with Crippen molar-refractivity contribution in [3.63, 3.8) is 0 Å². The Bertz CT molecular complexity index is 296. The molecule has 0 aliphatic rings. The number of hydrogen-bond donors (Lipinski definition) is 1. The molecule has 1 aromatic rings. The topological polar surface area (TPSA) is 42.4 Å². The molecule has 0 amide bonds. The van der Waals surface area contributed by atoms with Crippen LogP contribution in [0.2, 0.25) is 5.15 Å². The highest BCUT2D eigenvalue weighted by Gasteiger charge is 2.12. The van der Waals surface area contributed by atoms with Crippen molar-refractivity contribution in [3.05, 3.63) is 23.0 Å². The molecule has 0 saturated carbocycles. The molecule has 0 saturated heterocycles. The Hall–Kier alpha value is -0.940. The molecule has 0 fully saturated rings. The summed E-state index contributed by atoms with van der Waals surface area (Å²) in [6.45, 7) is -3.43. The number of aliphatic hydroxyl groups excluding tert-OH is 1. The number of aliphatic hydroxyl groups is 1. The van der Waals surface area contributed by atoms with Gasteiger partial charge < -0.3 is 9.84 Å². The Morgan fingerprint density at radius 1 is 1.62 bits per heavy atom. The molecule has 1 heterocycles. The average Bonchev–Trinajstić information content (AvgIpc) is 2.03. The van der Waals surface area contributed by atoms with E-state index in [-0.39, 0.29) is 16.5 Å². The van der Waals surface area contributed by atoms with Crippen molar-refractivity contribution in [2.75, 3.05) is 0 Å². The molecule has 0 atom stereocenters. The number of nitrogens with zero attached hydrogens (tertiary/aromatic N) is 1. The predicted octanol–water partition coefficient (Wildman–Crippen LogP) is 1.83. The Balaban J connectivity index is 2.98. The van der Waals surface area contributed by atoms with Crippen LogP contribution in [0.15, 0.2) is 12.3 Å². The van der Waals surface area contributed by atoms with Gasteiger partial charge in [0.2, 0.25) is 0 Å².